The van der Waals surface area contributed by atoms with Gasteiger partial charge in [0.05, 0.1) is 0 Å². The Morgan fingerprint density at radius 3 is 1.47 bits per heavy atom. The smallest absolute Gasteiger partial charge is 1.00 e. The maximum atomic E-state index is 3.91. The standard InChI is InChI=1S/C33H31Si.3ClH.Ti/c1-25-11-7-17-30(21-25)34(31-18-8-12-26(2)22-31,32-19-9-13-27(3)23-32)33-20-10-16-29(33)24-28-14-5-4-6-15-28;;;;/h4-9,11-19,21-23H,10,24H2,1-3H3;3*1H;/q-1;;;;+4/p-3. The number of hydrogen-bond acceptors (Lipinski definition) is 0. The summed E-state index contributed by atoms with van der Waals surface area (Å²) in [5, 5.41) is 5.74. The van der Waals surface area contributed by atoms with Gasteiger partial charge >= 0.3 is 21.7 Å². The van der Waals surface area contributed by atoms with Crippen molar-refractivity contribution in [3.8, 4) is 0 Å². The van der Waals surface area contributed by atoms with Gasteiger partial charge in [0.2, 0.25) is 0 Å². The van der Waals surface area contributed by atoms with Gasteiger partial charge in [-0.3, -0.25) is 6.08 Å². The first-order valence-electron chi connectivity index (χ1n) is 12.1. The molecular weight excluding hydrogens is 579 g/mol. The molecule has 5 heteroatoms. The molecule has 0 amide bonds. The third-order valence-electron chi connectivity index (χ3n) is 6.91. The Kier molecular flexibility index (Phi) is 13.6. The van der Waals surface area contributed by atoms with Crippen LogP contribution in [0.4, 0.5) is 0 Å². The second-order valence-corrected chi connectivity index (χ2v) is 13.2. The molecule has 0 atom stereocenters. The summed E-state index contributed by atoms with van der Waals surface area (Å²) in [7, 11) is -2.56. The van der Waals surface area contributed by atoms with E-state index >= 15 is 0 Å². The van der Waals surface area contributed by atoms with Gasteiger partial charge < -0.3 is 37.2 Å². The molecule has 0 N–H and O–H groups in total. The average Bonchev–Trinajstić information content (AvgIpc) is 3.29. The van der Waals surface area contributed by atoms with Crippen molar-refractivity contribution in [2.75, 3.05) is 0 Å². The minimum Gasteiger partial charge on any atom is -1.00 e. The van der Waals surface area contributed by atoms with Crippen LogP contribution < -0.4 is 52.8 Å². The summed E-state index contributed by atoms with van der Waals surface area (Å²) in [6.45, 7) is 6.63. The van der Waals surface area contributed by atoms with Gasteiger partial charge in [0.25, 0.3) is 0 Å². The van der Waals surface area contributed by atoms with Gasteiger partial charge in [0.1, 0.15) is 8.07 Å². The van der Waals surface area contributed by atoms with Crippen molar-refractivity contribution in [1.29, 1.82) is 0 Å². The number of rotatable bonds is 6. The van der Waals surface area contributed by atoms with E-state index < -0.39 is 8.07 Å². The van der Waals surface area contributed by atoms with Crippen molar-refractivity contribution in [1.82, 2.24) is 0 Å². The molecule has 1 aliphatic rings. The van der Waals surface area contributed by atoms with Crippen molar-refractivity contribution in [2.45, 2.75) is 33.6 Å². The first-order valence-corrected chi connectivity index (χ1v) is 14.1. The van der Waals surface area contributed by atoms with Gasteiger partial charge in [0, 0.05) is 0 Å². The maximum Gasteiger partial charge on any atom is 4.00 e. The minimum absolute atomic E-state index is 0. The average molecular weight is 610 g/mol. The van der Waals surface area contributed by atoms with E-state index in [1.165, 1.54) is 48.6 Å². The summed E-state index contributed by atoms with van der Waals surface area (Å²) in [5.41, 5.74) is 6.71. The third-order valence-corrected chi connectivity index (χ3v) is 11.7. The molecule has 1 aliphatic carbocycles. The van der Waals surface area contributed by atoms with E-state index in [1.807, 2.05) is 0 Å². The Hall–Kier alpha value is -1.84. The van der Waals surface area contributed by atoms with E-state index in [1.54, 1.807) is 0 Å². The molecule has 192 valence electrons. The quantitative estimate of drug-likeness (QED) is 0.124. The molecule has 0 saturated carbocycles. The zero-order valence-corrected chi connectivity index (χ0v) is 26.8. The molecule has 0 radical (unpaired) electrons. The Morgan fingerprint density at radius 2 is 1.05 bits per heavy atom. The molecule has 0 saturated heterocycles. The fourth-order valence-electron chi connectivity index (χ4n) is 5.41. The van der Waals surface area contributed by atoms with Gasteiger partial charge in [0.15, 0.2) is 0 Å². The van der Waals surface area contributed by atoms with Crippen LogP contribution in [0.1, 0.15) is 28.7 Å². The second kappa shape index (κ2) is 15.1. The number of benzene rings is 4. The predicted molar refractivity (Wildman–Crippen MR) is 148 cm³/mol. The molecular formula is C33H31Cl3SiTi. The summed E-state index contributed by atoms with van der Waals surface area (Å²) in [6.07, 6.45) is 8.15. The van der Waals surface area contributed by atoms with Crippen molar-refractivity contribution in [2.24, 2.45) is 0 Å². The summed E-state index contributed by atoms with van der Waals surface area (Å²) in [5.74, 6) is 0. The largest absolute Gasteiger partial charge is 4.00 e. The molecule has 5 rings (SSSR count). The Morgan fingerprint density at radius 1 is 0.605 bits per heavy atom. The van der Waals surface area contributed by atoms with Crippen molar-refractivity contribution in [3.05, 3.63) is 148 Å². The first kappa shape index (κ1) is 34.2. The van der Waals surface area contributed by atoms with Gasteiger partial charge in [-0.1, -0.05) is 132 Å². The van der Waals surface area contributed by atoms with E-state index in [2.05, 4.69) is 136 Å². The van der Waals surface area contributed by atoms with E-state index in [-0.39, 0.29) is 58.9 Å². The molecule has 0 heterocycles. The monoisotopic (exact) mass is 608 g/mol. The van der Waals surface area contributed by atoms with Crippen molar-refractivity contribution >= 4 is 23.6 Å². The SMILES string of the molecule is Cc1cccc([Si](C2=[C-]CC=C2Cc2ccccc2)(c2cccc(C)c2)c2cccc(C)c2)c1.[Cl-].[Cl-].[Cl-].[Ti+4]. The number of hydrogen-bond donors (Lipinski definition) is 0. The number of halogens is 3. The summed E-state index contributed by atoms with van der Waals surface area (Å²) in [4.78, 5) is 0. The van der Waals surface area contributed by atoms with Crippen LogP contribution in [0.3, 0.4) is 0 Å². The third kappa shape index (κ3) is 6.83. The summed E-state index contributed by atoms with van der Waals surface area (Å²) < 4.78 is 0. The summed E-state index contributed by atoms with van der Waals surface area (Å²) in [6, 6.07) is 38.5. The summed E-state index contributed by atoms with van der Waals surface area (Å²) >= 11 is 0. The molecule has 0 bridgehead atoms. The van der Waals surface area contributed by atoms with Gasteiger partial charge in [-0.15, -0.1) is 6.42 Å². The predicted octanol–water partition coefficient (Wildman–Crippen LogP) is -3.07. The van der Waals surface area contributed by atoms with Crippen LogP contribution in [0, 0.1) is 26.8 Å². The molecule has 0 nitrogen and oxygen atoms in total. The molecule has 0 fully saturated rings. The topological polar surface area (TPSA) is 0 Å². The van der Waals surface area contributed by atoms with Crippen LogP contribution in [0.5, 0.6) is 0 Å². The fourth-order valence-corrected chi connectivity index (χ4v) is 10.7. The molecule has 0 spiro atoms. The van der Waals surface area contributed by atoms with Gasteiger partial charge in [-0.25, -0.2) is 5.20 Å². The molecule has 38 heavy (non-hydrogen) atoms. The number of allylic oxidation sites excluding steroid dienone is 4. The van der Waals surface area contributed by atoms with Crippen LogP contribution in [0.15, 0.2) is 120 Å². The molecule has 4 aromatic rings. The Balaban J connectivity index is 0.00000180. The van der Waals surface area contributed by atoms with Crippen LogP contribution in [0.2, 0.25) is 0 Å². The zero-order chi connectivity index (χ0) is 23.5. The van der Waals surface area contributed by atoms with Gasteiger partial charge in [-0.2, -0.15) is 11.6 Å². The van der Waals surface area contributed by atoms with Crippen LogP contribution in [0.25, 0.3) is 0 Å². The van der Waals surface area contributed by atoms with Gasteiger partial charge in [-0.05, 0) is 36.3 Å². The fraction of sp³-hybridized carbons (Fsp3) is 0.152. The maximum absolute atomic E-state index is 3.91. The zero-order valence-electron chi connectivity index (χ0n) is 21.9. The van der Waals surface area contributed by atoms with Crippen LogP contribution >= 0.6 is 0 Å². The van der Waals surface area contributed by atoms with E-state index in [4.69, 9.17) is 0 Å². The minimum atomic E-state index is -2.56. The molecule has 4 aromatic carbocycles. The molecule has 0 unspecified atom stereocenters. The van der Waals surface area contributed by atoms with E-state index in [0.717, 1.165) is 12.8 Å². The Bertz CT molecular complexity index is 1290. The second-order valence-electron chi connectivity index (χ2n) is 9.51. The van der Waals surface area contributed by atoms with Crippen LogP contribution in [-0.4, -0.2) is 8.07 Å². The van der Waals surface area contributed by atoms with Crippen molar-refractivity contribution < 1.29 is 58.9 Å². The first-order chi connectivity index (χ1) is 16.6. The van der Waals surface area contributed by atoms with E-state index in [9.17, 15) is 0 Å². The molecule has 0 aromatic heterocycles. The Labute approximate surface area is 262 Å². The number of aryl methyl sites for hydroxylation is 3. The van der Waals surface area contributed by atoms with Crippen molar-refractivity contribution in [3.63, 3.8) is 0 Å². The van der Waals surface area contributed by atoms with E-state index in [0.29, 0.717) is 0 Å². The van der Waals surface area contributed by atoms with Crippen LogP contribution in [-0.2, 0) is 28.1 Å². The normalized spacial score (nSPS) is 12.1. The molecule has 0 aliphatic heterocycles.